The molecule has 1 N–H and O–H groups in total. The highest BCUT2D eigenvalue weighted by molar-refractivity contribution is 5.74. The highest BCUT2D eigenvalue weighted by atomic mass is 16.2. The van der Waals surface area contributed by atoms with Crippen molar-refractivity contribution >= 4 is 11.7 Å². The molecule has 22 heavy (non-hydrogen) atoms. The second-order valence-electron chi connectivity index (χ2n) is 6.78. The smallest absolute Gasteiger partial charge is 0.317 e. The molecule has 4 heteroatoms. The first-order valence-corrected chi connectivity index (χ1v) is 8.50. The van der Waals surface area contributed by atoms with Gasteiger partial charge in [-0.1, -0.05) is 12.1 Å². The number of nitrogens with zero attached hydrogens (tertiary/aromatic N) is 2. The Kier molecular flexibility index (Phi) is 4.55. The lowest BCUT2D eigenvalue weighted by Crippen LogP contribution is -2.39. The van der Waals surface area contributed by atoms with Gasteiger partial charge in [0.05, 0.1) is 6.04 Å². The van der Waals surface area contributed by atoms with Crippen molar-refractivity contribution in [3.05, 3.63) is 29.8 Å². The molecular formula is C18H27N3O. The Balaban J connectivity index is 1.59. The largest absolute Gasteiger partial charge is 0.372 e. The molecule has 120 valence electrons. The maximum Gasteiger partial charge on any atom is 0.317 e. The number of carbonyl (C=O) groups excluding carboxylic acids is 1. The Labute approximate surface area is 133 Å². The fourth-order valence-corrected chi connectivity index (χ4v) is 3.12. The van der Waals surface area contributed by atoms with Crippen molar-refractivity contribution < 1.29 is 4.79 Å². The van der Waals surface area contributed by atoms with Gasteiger partial charge in [0, 0.05) is 32.4 Å². The number of anilines is 1. The molecule has 1 heterocycles. The van der Waals surface area contributed by atoms with Crippen molar-refractivity contribution in [2.24, 2.45) is 5.92 Å². The molecule has 1 aliphatic carbocycles. The summed E-state index contributed by atoms with van der Waals surface area (Å²) in [5, 5.41) is 3.12. The summed E-state index contributed by atoms with van der Waals surface area (Å²) in [6, 6.07) is 8.66. The highest BCUT2D eigenvalue weighted by Crippen LogP contribution is 2.29. The minimum absolute atomic E-state index is 0.0333. The zero-order valence-electron chi connectivity index (χ0n) is 13.7. The molecule has 0 spiro atoms. The van der Waals surface area contributed by atoms with E-state index in [-0.39, 0.29) is 12.1 Å². The quantitative estimate of drug-likeness (QED) is 0.904. The Bertz CT molecular complexity index is 521. The lowest BCUT2D eigenvalue weighted by molar-refractivity contribution is 0.203. The van der Waals surface area contributed by atoms with E-state index in [1.54, 1.807) is 0 Å². The summed E-state index contributed by atoms with van der Waals surface area (Å²) >= 11 is 0. The van der Waals surface area contributed by atoms with Gasteiger partial charge in [-0.25, -0.2) is 4.79 Å². The van der Waals surface area contributed by atoms with Crippen molar-refractivity contribution in [2.45, 2.75) is 38.6 Å². The summed E-state index contributed by atoms with van der Waals surface area (Å²) < 4.78 is 0. The van der Waals surface area contributed by atoms with Crippen LogP contribution >= 0.6 is 0 Å². The molecule has 2 fully saturated rings. The van der Waals surface area contributed by atoms with E-state index in [1.165, 1.54) is 36.9 Å². The summed E-state index contributed by atoms with van der Waals surface area (Å²) in [5.74, 6) is 0.726. The maximum absolute atomic E-state index is 12.2. The molecule has 1 saturated heterocycles. The van der Waals surface area contributed by atoms with Crippen LogP contribution in [0.1, 0.15) is 44.2 Å². The maximum atomic E-state index is 12.2. The van der Waals surface area contributed by atoms with Gasteiger partial charge in [0.2, 0.25) is 0 Å². The molecule has 0 aromatic heterocycles. The third kappa shape index (κ3) is 3.73. The Morgan fingerprint density at radius 1 is 1.36 bits per heavy atom. The lowest BCUT2D eigenvalue weighted by Gasteiger charge is -2.23. The molecule has 1 atom stereocenters. The fraction of sp³-hybridized carbons (Fsp3) is 0.611. The topological polar surface area (TPSA) is 35.6 Å². The van der Waals surface area contributed by atoms with Crippen molar-refractivity contribution in [3.8, 4) is 0 Å². The van der Waals surface area contributed by atoms with Crippen molar-refractivity contribution in [3.63, 3.8) is 0 Å². The molecule has 2 aliphatic rings. The number of amides is 2. The number of hydrogen-bond donors (Lipinski definition) is 1. The molecule has 1 saturated carbocycles. The Morgan fingerprint density at radius 2 is 2.09 bits per heavy atom. The molecule has 0 bridgehead atoms. The van der Waals surface area contributed by atoms with Crippen LogP contribution < -0.4 is 10.2 Å². The number of hydrogen-bond acceptors (Lipinski definition) is 2. The third-order valence-corrected chi connectivity index (χ3v) is 4.76. The van der Waals surface area contributed by atoms with E-state index < -0.39 is 0 Å². The molecule has 1 aromatic rings. The summed E-state index contributed by atoms with van der Waals surface area (Å²) in [7, 11) is 1.89. The molecule has 3 rings (SSSR count). The van der Waals surface area contributed by atoms with Gasteiger partial charge in [-0.05, 0) is 56.2 Å². The van der Waals surface area contributed by atoms with Gasteiger partial charge in [0.15, 0.2) is 0 Å². The highest BCUT2D eigenvalue weighted by Gasteiger charge is 2.25. The van der Waals surface area contributed by atoms with Crippen molar-refractivity contribution in [2.75, 3.05) is 31.6 Å². The summed E-state index contributed by atoms with van der Waals surface area (Å²) in [6.45, 7) is 5.24. The molecular weight excluding hydrogens is 274 g/mol. The van der Waals surface area contributed by atoms with Crippen LogP contribution in [-0.4, -0.2) is 37.6 Å². The lowest BCUT2D eigenvalue weighted by atomic mass is 10.1. The van der Waals surface area contributed by atoms with Crippen LogP contribution in [0.5, 0.6) is 0 Å². The molecule has 1 aromatic carbocycles. The second-order valence-corrected chi connectivity index (χ2v) is 6.78. The fourth-order valence-electron chi connectivity index (χ4n) is 3.12. The average Bonchev–Trinajstić information content (AvgIpc) is 3.16. The van der Waals surface area contributed by atoms with Crippen LogP contribution in [0.25, 0.3) is 0 Å². The predicted molar refractivity (Wildman–Crippen MR) is 90.2 cm³/mol. The minimum Gasteiger partial charge on any atom is -0.372 e. The van der Waals surface area contributed by atoms with Gasteiger partial charge >= 0.3 is 6.03 Å². The molecule has 4 nitrogen and oxygen atoms in total. The first-order valence-electron chi connectivity index (χ1n) is 8.50. The van der Waals surface area contributed by atoms with Gasteiger partial charge in [-0.15, -0.1) is 0 Å². The Morgan fingerprint density at radius 3 is 2.77 bits per heavy atom. The average molecular weight is 301 g/mol. The molecule has 1 aliphatic heterocycles. The van der Waals surface area contributed by atoms with Crippen molar-refractivity contribution in [1.82, 2.24) is 10.2 Å². The van der Waals surface area contributed by atoms with E-state index in [0.29, 0.717) is 0 Å². The van der Waals surface area contributed by atoms with Crippen LogP contribution in [0.3, 0.4) is 0 Å². The van der Waals surface area contributed by atoms with E-state index in [2.05, 4.69) is 41.4 Å². The summed E-state index contributed by atoms with van der Waals surface area (Å²) in [4.78, 5) is 16.5. The van der Waals surface area contributed by atoms with Crippen LogP contribution in [0.2, 0.25) is 0 Å². The van der Waals surface area contributed by atoms with Gasteiger partial charge in [0.1, 0.15) is 0 Å². The number of carbonyl (C=O) groups is 1. The SMILES string of the molecule is C[C@H](NC(=O)N(C)CC1CC1)c1cccc(N2CCCC2)c1. The van der Waals surface area contributed by atoms with E-state index in [9.17, 15) is 4.79 Å². The third-order valence-electron chi connectivity index (χ3n) is 4.76. The Hall–Kier alpha value is -1.71. The zero-order chi connectivity index (χ0) is 15.5. The molecule has 2 amide bonds. The first-order chi connectivity index (χ1) is 10.6. The van der Waals surface area contributed by atoms with E-state index in [4.69, 9.17) is 0 Å². The normalized spacial score (nSPS) is 19.1. The van der Waals surface area contributed by atoms with Crippen molar-refractivity contribution in [1.29, 1.82) is 0 Å². The van der Waals surface area contributed by atoms with E-state index in [1.807, 2.05) is 11.9 Å². The standard InChI is InChI=1S/C18H27N3O/c1-14(19-18(22)20(2)13-15-8-9-15)16-6-5-7-17(12-16)21-10-3-4-11-21/h5-7,12,14-15H,3-4,8-11,13H2,1-2H3,(H,19,22)/t14-/m0/s1. The monoisotopic (exact) mass is 301 g/mol. The van der Waals surface area contributed by atoms with Crippen LogP contribution in [0.4, 0.5) is 10.5 Å². The minimum atomic E-state index is 0.0333. The van der Waals surface area contributed by atoms with E-state index in [0.717, 1.165) is 25.6 Å². The number of urea groups is 1. The summed E-state index contributed by atoms with van der Waals surface area (Å²) in [5.41, 5.74) is 2.46. The summed E-state index contributed by atoms with van der Waals surface area (Å²) in [6.07, 6.45) is 5.10. The molecule has 0 radical (unpaired) electrons. The van der Waals surface area contributed by atoms with Crippen LogP contribution in [0.15, 0.2) is 24.3 Å². The second kappa shape index (κ2) is 6.59. The van der Waals surface area contributed by atoms with Gasteiger partial charge in [-0.3, -0.25) is 0 Å². The van der Waals surface area contributed by atoms with Crippen LogP contribution in [0, 0.1) is 5.92 Å². The van der Waals surface area contributed by atoms with Gasteiger partial charge < -0.3 is 15.1 Å². The number of nitrogens with one attached hydrogen (secondary N) is 1. The zero-order valence-corrected chi connectivity index (χ0v) is 13.7. The van der Waals surface area contributed by atoms with Crippen LogP contribution in [-0.2, 0) is 0 Å². The van der Waals surface area contributed by atoms with Gasteiger partial charge in [0.25, 0.3) is 0 Å². The molecule has 0 unspecified atom stereocenters. The number of benzene rings is 1. The van der Waals surface area contributed by atoms with Gasteiger partial charge in [-0.2, -0.15) is 0 Å². The predicted octanol–water partition coefficient (Wildman–Crippen LogP) is 3.40. The van der Waals surface area contributed by atoms with E-state index >= 15 is 0 Å². The number of rotatable bonds is 5. The first kappa shape index (κ1) is 15.2.